The van der Waals surface area contributed by atoms with Gasteiger partial charge in [0.1, 0.15) is 24.4 Å². The van der Waals surface area contributed by atoms with Gasteiger partial charge in [0, 0.05) is 6.42 Å². The van der Waals surface area contributed by atoms with Gasteiger partial charge in [-0.25, -0.2) is 0 Å². The summed E-state index contributed by atoms with van der Waals surface area (Å²) in [5, 5.41) is 0. The van der Waals surface area contributed by atoms with Crippen LogP contribution in [0.3, 0.4) is 0 Å². The molecule has 4 fully saturated rings. The summed E-state index contributed by atoms with van der Waals surface area (Å²) in [6.45, 7) is 8.92. The summed E-state index contributed by atoms with van der Waals surface area (Å²) in [4.78, 5) is 0. The lowest BCUT2D eigenvalue weighted by molar-refractivity contribution is -0.312. The predicted molar refractivity (Wildman–Crippen MR) is 76.1 cm³/mol. The zero-order valence-electron chi connectivity index (χ0n) is 13.8. The highest BCUT2D eigenvalue weighted by Crippen LogP contribution is 2.50. The molecule has 0 unspecified atom stereocenters. The second-order valence-electron chi connectivity index (χ2n) is 7.59. The molecule has 4 saturated heterocycles. The fraction of sp³-hybridized carbons (Fsp3) is 1.00. The first-order valence-electron chi connectivity index (χ1n) is 8.30. The van der Waals surface area contributed by atoms with E-state index in [1.807, 2.05) is 27.7 Å². The number of fused-ring (bicyclic) bond motifs is 2. The maximum atomic E-state index is 6.35. The van der Waals surface area contributed by atoms with Gasteiger partial charge in [0.25, 0.3) is 0 Å². The maximum Gasteiger partial charge on any atom is 0.198 e. The molecule has 1 spiro atoms. The van der Waals surface area contributed by atoms with Crippen molar-refractivity contribution in [2.45, 2.75) is 88.7 Å². The van der Waals surface area contributed by atoms with Crippen molar-refractivity contribution in [2.24, 2.45) is 0 Å². The lowest BCUT2D eigenvalue weighted by atomic mass is 9.97. The molecule has 0 aliphatic carbocycles. The molecule has 0 aromatic heterocycles. The molecule has 0 saturated carbocycles. The predicted octanol–water partition coefficient (Wildman–Crippen LogP) is 1.95. The Balaban J connectivity index is 1.60. The van der Waals surface area contributed by atoms with E-state index in [0.717, 1.165) is 19.3 Å². The molecule has 5 atom stereocenters. The first-order chi connectivity index (χ1) is 10.3. The van der Waals surface area contributed by atoms with Crippen molar-refractivity contribution in [1.82, 2.24) is 0 Å². The minimum Gasteiger partial charge on any atom is -0.348 e. The van der Waals surface area contributed by atoms with Crippen LogP contribution in [-0.2, 0) is 28.4 Å². The maximum absolute atomic E-state index is 6.35. The Morgan fingerprint density at radius 3 is 2.23 bits per heavy atom. The lowest BCUT2D eigenvalue weighted by Gasteiger charge is -2.37. The monoisotopic (exact) mass is 314 g/mol. The van der Waals surface area contributed by atoms with Gasteiger partial charge in [0.2, 0.25) is 0 Å². The minimum absolute atomic E-state index is 0.162. The summed E-state index contributed by atoms with van der Waals surface area (Å²) in [5.74, 6) is -1.90. The van der Waals surface area contributed by atoms with Crippen molar-refractivity contribution in [2.75, 3.05) is 13.2 Å². The number of ether oxygens (including phenoxy) is 6. The fourth-order valence-electron chi connectivity index (χ4n) is 4.01. The zero-order valence-corrected chi connectivity index (χ0v) is 13.8. The van der Waals surface area contributed by atoms with Gasteiger partial charge < -0.3 is 28.4 Å². The second kappa shape index (κ2) is 4.88. The van der Waals surface area contributed by atoms with Gasteiger partial charge in [-0.1, -0.05) is 0 Å². The van der Waals surface area contributed by atoms with Gasteiger partial charge in [-0.3, -0.25) is 0 Å². The topological polar surface area (TPSA) is 55.4 Å². The van der Waals surface area contributed by atoms with Crippen LogP contribution >= 0.6 is 0 Å². The molecule has 6 heteroatoms. The van der Waals surface area contributed by atoms with Crippen molar-refractivity contribution in [3.05, 3.63) is 0 Å². The molecule has 0 aromatic carbocycles. The quantitative estimate of drug-likeness (QED) is 0.737. The van der Waals surface area contributed by atoms with Crippen molar-refractivity contribution < 1.29 is 28.4 Å². The molecule has 4 aliphatic rings. The third-order valence-electron chi connectivity index (χ3n) is 4.88. The van der Waals surface area contributed by atoms with Crippen molar-refractivity contribution in [3.63, 3.8) is 0 Å². The molecular formula is C16H26O6. The molecule has 4 heterocycles. The second-order valence-corrected chi connectivity index (χ2v) is 7.59. The third kappa shape index (κ3) is 2.41. The van der Waals surface area contributed by atoms with Crippen molar-refractivity contribution >= 4 is 0 Å². The van der Waals surface area contributed by atoms with Crippen LogP contribution in [0.25, 0.3) is 0 Å². The van der Waals surface area contributed by atoms with E-state index >= 15 is 0 Å². The Bertz CT molecular complexity index is 442. The van der Waals surface area contributed by atoms with Crippen LogP contribution in [0.15, 0.2) is 0 Å². The molecule has 6 nitrogen and oxygen atoms in total. The lowest BCUT2D eigenvalue weighted by Crippen LogP contribution is -2.47. The van der Waals surface area contributed by atoms with E-state index in [0.29, 0.717) is 13.2 Å². The number of hydrogen-bond donors (Lipinski definition) is 0. The Labute approximate surface area is 131 Å². The van der Waals surface area contributed by atoms with Crippen LogP contribution in [0, 0.1) is 0 Å². The van der Waals surface area contributed by atoms with Crippen molar-refractivity contribution in [3.8, 4) is 0 Å². The summed E-state index contributed by atoms with van der Waals surface area (Å²) in [6, 6.07) is 0. The fourth-order valence-corrected chi connectivity index (χ4v) is 4.01. The summed E-state index contributed by atoms with van der Waals surface area (Å²) in [6.07, 6.45) is 2.19. The largest absolute Gasteiger partial charge is 0.348 e. The van der Waals surface area contributed by atoms with E-state index in [2.05, 4.69) is 0 Å². The average molecular weight is 314 g/mol. The van der Waals surface area contributed by atoms with Crippen LogP contribution < -0.4 is 0 Å². The standard InChI is InChI=1S/C16H26O6/c1-14(2)18-9-10(19-14)11-12-13(22-15(3,4)20-12)16(21-11)7-5-6-8-17-16/h10-13H,5-9H2,1-4H3/t10-,11-,12+,13+,16-/m1/s1. The van der Waals surface area contributed by atoms with Gasteiger partial charge in [-0.2, -0.15) is 0 Å². The normalized spacial score (nSPS) is 49.6. The average Bonchev–Trinajstić information content (AvgIpc) is 3.04. The first kappa shape index (κ1) is 15.3. The summed E-state index contributed by atoms with van der Waals surface area (Å²) < 4.78 is 36.4. The highest BCUT2D eigenvalue weighted by Gasteiger charge is 2.66. The molecule has 0 bridgehead atoms. The highest BCUT2D eigenvalue weighted by molar-refractivity contribution is 5.06. The van der Waals surface area contributed by atoms with Gasteiger partial charge in [-0.05, 0) is 40.5 Å². The Hall–Kier alpha value is -0.240. The molecule has 126 valence electrons. The van der Waals surface area contributed by atoms with Crippen LogP contribution in [0.4, 0.5) is 0 Å². The van der Waals surface area contributed by atoms with Gasteiger partial charge >= 0.3 is 0 Å². The number of hydrogen-bond acceptors (Lipinski definition) is 6. The van der Waals surface area contributed by atoms with Crippen LogP contribution in [0.5, 0.6) is 0 Å². The SMILES string of the molecule is CC1(C)OC[C@H]([C@H]2O[C@]3(CCCCO3)[C@H]3OC(C)(C)O[C@@H]23)O1. The van der Waals surface area contributed by atoms with E-state index in [9.17, 15) is 0 Å². The Kier molecular flexibility index (Phi) is 3.39. The molecule has 22 heavy (non-hydrogen) atoms. The Morgan fingerprint density at radius 1 is 0.773 bits per heavy atom. The summed E-state index contributed by atoms with van der Waals surface area (Å²) in [5.41, 5.74) is 0. The van der Waals surface area contributed by atoms with Crippen molar-refractivity contribution in [1.29, 1.82) is 0 Å². The van der Waals surface area contributed by atoms with Gasteiger partial charge in [-0.15, -0.1) is 0 Å². The van der Waals surface area contributed by atoms with Crippen LogP contribution in [0.2, 0.25) is 0 Å². The molecule has 0 radical (unpaired) electrons. The number of rotatable bonds is 1. The van der Waals surface area contributed by atoms with Gasteiger partial charge in [0.05, 0.1) is 13.2 Å². The van der Waals surface area contributed by atoms with E-state index in [1.54, 1.807) is 0 Å². The molecule has 0 aromatic rings. The van der Waals surface area contributed by atoms with Crippen LogP contribution in [0.1, 0.15) is 47.0 Å². The first-order valence-corrected chi connectivity index (χ1v) is 8.30. The van der Waals surface area contributed by atoms with E-state index < -0.39 is 17.4 Å². The summed E-state index contributed by atoms with van der Waals surface area (Å²) in [7, 11) is 0. The van der Waals surface area contributed by atoms with Gasteiger partial charge in [0.15, 0.2) is 17.4 Å². The molecule has 4 rings (SSSR count). The van der Waals surface area contributed by atoms with Crippen LogP contribution in [-0.4, -0.2) is 55.0 Å². The summed E-state index contributed by atoms with van der Waals surface area (Å²) >= 11 is 0. The van der Waals surface area contributed by atoms with E-state index in [-0.39, 0.29) is 24.4 Å². The third-order valence-corrected chi connectivity index (χ3v) is 4.88. The smallest absolute Gasteiger partial charge is 0.198 e. The Morgan fingerprint density at radius 2 is 1.59 bits per heavy atom. The molecule has 0 amide bonds. The van der Waals surface area contributed by atoms with E-state index in [1.165, 1.54) is 0 Å². The minimum atomic E-state index is -0.697. The highest BCUT2D eigenvalue weighted by atomic mass is 16.8. The molecular weight excluding hydrogens is 288 g/mol. The molecule has 4 aliphatic heterocycles. The molecule has 0 N–H and O–H groups in total. The van der Waals surface area contributed by atoms with E-state index in [4.69, 9.17) is 28.4 Å². The zero-order chi connectivity index (χ0) is 15.6.